The zero-order chi connectivity index (χ0) is 13.9. The first-order valence-electron chi connectivity index (χ1n) is 6.42. The van der Waals surface area contributed by atoms with Crippen LogP contribution in [0.15, 0.2) is 18.6 Å². The molecule has 0 aliphatic rings. The van der Waals surface area contributed by atoms with Crippen molar-refractivity contribution in [3.8, 4) is 0 Å². The average molecular weight is 263 g/mol. The van der Waals surface area contributed by atoms with E-state index in [1.807, 2.05) is 37.6 Å². The molecule has 2 N–H and O–H groups in total. The largest absolute Gasteiger partial charge is 0.377 e. The smallest absolute Gasteiger partial charge is 0.180 e. The first kappa shape index (κ1) is 13.6. The molecule has 19 heavy (non-hydrogen) atoms. The Morgan fingerprint density at radius 2 is 2.16 bits per heavy atom. The fourth-order valence-electron chi connectivity index (χ4n) is 1.69. The molecule has 6 heteroatoms. The highest BCUT2D eigenvalue weighted by Crippen LogP contribution is 2.18. The second-order valence-electron chi connectivity index (χ2n) is 4.98. The van der Waals surface area contributed by atoms with Gasteiger partial charge in [-0.3, -0.25) is 0 Å². The summed E-state index contributed by atoms with van der Waals surface area (Å²) >= 11 is 0. The lowest BCUT2D eigenvalue weighted by atomic mass is 10.1. The zero-order valence-corrected chi connectivity index (χ0v) is 11.9. The quantitative estimate of drug-likeness (QED) is 0.834. The van der Waals surface area contributed by atoms with E-state index in [1.165, 1.54) is 0 Å². The summed E-state index contributed by atoms with van der Waals surface area (Å²) in [7, 11) is 1.70. The number of methoxy groups -OCH3 is 1. The fraction of sp³-hybridized carbons (Fsp3) is 0.538. The Kier molecular flexibility index (Phi) is 3.90. The molecule has 0 radical (unpaired) electrons. The lowest BCUT2D eigenvalue weighted by Gasteiger charge is -2.23. The highest BCUT2D eigenvalue weighted by atomic mass is 16.5. The predicted octanol–water partition coefficient (Wildman–Crippen LogP) is 2.00. The predicted molar refractivity (Wildman–Crippen MR) is 76.7 cm³/mol. The maximum absolute atomic E-state index is 5.40. The van der Waals surface area contributed by atoms with Gasteiger partial charge in [-0.1, -0.05) is 0 Å². The normalized spacial score (nSPS) is 11.8. The first-order valence-corrected chi connectivity index (χ1v) is 6.42. The first-order chi connectivity index (χ1) is 9.05. The van der Waals surface area contributed by atoms with Crippen LogP contribution in [0.3, 0.4) is 0 Å². The van der Waals surface area contributed by atoms with Crippen LogP contribution in [0.4, 0.5) is 11.6 Å². The Morgan fingerprint density at radius 1 is 1.37 bits per heavy atom. The molecule has 2 aromatic heterocycles. The van der Waals surface area contributed by atoms with Crippen LogP contribution in [0, 0.1) is 0 Å². The van der Waals surface area contributed by atoms with Crippen LogP contribution in [0.5, 0.6) is 0 Å². The van der Waals surface area contributed by atoms with Crippen LogP contribution in [0.25, 0.3) is 5.65 Å². The Labute approximate surface area is 113 Å². The van der Waals surface area contributed by atoms with E-state index in [-0.39, 0.29) is 5.60 Å². The summed E-state index contributed by atoms with van der Waals surface area (Å²) in [6, 6.07) is 0. The molecule has 0 saturated carbocycles. The van der Waals surface area contributed by atoms with E-state index in [9.17, 15) is 0 Å². The minimum absolute atomic E-state index is 0.251. The Balaban J connectivity index is 2.27. The van der Waals surface area contributed by atoms with Crippen molar-refractivity contribution in [2.75, 3.05) is 30.8 Å². The van der Waals surface area contributed by atoms with Gasteiger partial charge in [0.1, 0.15) is 5.82 Å². The van der Waals surface area contributed by atoms with Crippen molar-refractivity contribution >= 4 is 17.3 Å². The van der Waals surface area contributed by atoms with Gasteiger partial charge in [0.2, 0.25) is 0 Å². The second-order valence-corrected chi connectivity index (χ2v) is 4.98. The molecule has 0 unspecified atom stereocenters. The van der Waals surface area contributed by atoms with Crippen molar-refractivity contribution in [3.63, 3.8) is 0 Å². The Hall–Kier alpha value is -1.82. The van der Waals surface area contributed by atoms with Gasteiger partial charge in [-0.15, -0.1) is 0 Å². The number of rotatable bonds is 6. The summed E-state index contributed by atoms with van der Waals surface area (Å²) in [5.41, 5.74) is 0.563. The van der Waals surface area contributed by atoms with Gasteiger partial charge < -0.3 is 19.8 Å². The van der Waals surface area contributed by atoms with E-state index in [1.54, 1.807) is 13.3 Å². The van der Waals surface area contributed by atoms with E-state index < -0.39 is 0 Å². The van der Waals surface area contributed by atoms with Crippen molar-refractivity contribution in [1.29, 1.82) is 0 Å². The Bertz CT molecular complexity index is 549. The molecule has 0 atom stereocenters. The number of hydrogen-bond acceptors (Lipinski definition) is 5. The number of aromatic nitrogens is 3. The molecular weight excluding hydrogens is 242 g/mol. The van der Waals surface area contributed by atoms with Crippen molar-refractivity contribution in [2.24, 2.45) is 0 Å². The minimum Gasteiger partial charge on any atom is -0.377 e. The van der Waals surface area contributed by atoms with Crippen molar-refractivity contribution in [3.05, 3.63) is 18.6 Å². The molecule has 0 aliphatic heterocycles. The Morgan fingerprint density at radius 3 is 2.84 bits per heavy atom. The van der Waals surface area contributed by atoms with Crippen LogP contribution in [-0.2, 0) is 4.74 Å². The molecule has 0 aliphatic carbocycles. The third kappa shape index (κ3) is 3.14. The lowest BCUT2D eigenvalue weighted by Crippen LogP contribution is -2.32. The van der Waals surface area contributed by atoms with E-state index >= 15 is 0 Å². The number of ether oxygens (including phenoxy) is 1. The topological polar surface area (TPSA) is 63.5 Å². The van der Waals surface area contributed by atoms with Crippen LogP contribution in [-0.4, -0.2) is 40.2 Å². The van der Waals surface area contributed by atoms with Crippen LogP contribution >= 0.6 is 0 Å². The number of fused-ring (bicyclic) bond motifs is 1. The summed E-state index contributed by atoms with van der Waals surface area (Å²) in [6.45, 7) is 7.58. The third-order valence-corrected chi connectivity index (χ3v) is 2.97. The van der Waals surface area contributed by atoms with E-state index in [0.717, 1.165) is 23.8 Å². The molecule has 2 aromatic rings. The molecule has 2 heterocycles. The summed E-state index contributed by atoms with van der Waals surface area (Å²) in [6.07, 6.45) is 5.60. The lowest BCUT2D eigenvalue weighted by molar-refractivity contribution is 0.0343. The van der Waals surface area contributed by atoms with Gasteiger partial charge in [0.15, 0.2) is 11.5 Å². The van der Waals surface area contributed by atoms with Crippen LogP contribution < -0.4 is 10.6 Å². The summed E-state index contributed by atoms with van der Waals surface area (Å²) in [5, 5.41) is 6.51. The second kappa shape index (κ2) is 5.44. The van der Waals surface area contributed by atoms with Gasteiger partial charge in [0.05, 0.1) is 11.8 Å². The number of nitrogens with one attached hydrogen (secondary N) is 2. The molecule has 6 nitrogen and oxygen atoms in total. The van der Waals surface area contributed by atoms with E-state index in [4.69, 9.17) is 4.74 Å². The molecule has 2 rings (SSSR count). The standard InChI is InChI=1S/C13H21N5O/c1-5-14-10-8-18-7-6-15-12(18)11(17-10)16-9-13(2,3)19-4/h6-8,14H,5,9H2,1-4H3,(H,16,17). The monoisotopic (exact) mass is 263 g/mol. The van der Waals surface area contributed by atoms with Crippen molar-refractivity contribution < 1.29 is 4.74 Å². The summed E-state index contributed by atoms with van der Waals surface area (Å²) < 4.78 is 7.35. The maximum Gasteiger partial charge on any atom is 0.180 e. The third-order valence-electron chi connectivity index (χ3n) is 2.97. The van der Waals surface area contributed by atoms with Gasteiger partial charge in [-0.05, 0) is 20.8 Å². The molecule has 0 aromatic carbocycles. The van der Waals surface area contributed by atoms with Gasteiger partial charge in [0, 0.05) is 32.6 Å². The summed E-state index contributed by atoms with van der Waals surface area (Å²) in [4.78, 5) is 8.85. The van der Waals surface area contributed by atoms with Gasteiger partial charge in [-0.25, -0.2) is 9.97 Å². The van der Waals surface area contributed by atoms with Crippen LogP contribution in [0.2, 0.25) is 0 Å². The fourth-order valence-corrected chi connectivity index (χ4v) is 1.69. The summed E-state index contributed by atoms with van der Waals surface area (Å²) in [5.74, 6) is 1.58. The average Bonchev–Trinajstić information content (AvgIpc) is 2.85. The van der Waals surface area contributed by atoms with E-state index in [2.05, 4.69) is 20.6 Å². The minimum atomic E-state index is -0.251. The SMILES string of the molecule is CCNc1cn2ccnc2c(NCC(C)(C)OC)n1. The molecule has 0 spiro atoms. The zero-order valence-electron chi connectivity index (χ0n) is 11.9. The molecule has 104 valence electrons. The molecule has 0 bridgehead atoms. The molecule has 0 saturated heterocycles. The van der Waals surface area contributed by atoms with Crippen molar-refractivity contribution in [2.45, 2.75) is 26.4 Å². The number of imidazole rings is 1. The van der Waals surface area contributed by atoms with Gasteiger partial charge >= 0.3 is 0 Å². The number of nitrogens with zero attached hydrogens (tertiary/aromatic N) is 3. The molecule has 0 fully saturated rings. The highest BCUT2D eigenvalue weighted by Gasteiger charge is 2.17. The maximum atomic E-state index is 5.40. The van der Waals surface area contributed by atoms with Crippen LogP contribution in [0.1, 0.15) is 20.8 Å². The van der Waals surface area contributed by atoms with Gasteiger partial charge in [-0.2, -0.15) is 0 Å². The van der Waals surface area contributed by atoms with Gasteiger partial charge in [0.25, 0.3) is 0 Å². The number of anilines is 2. The molecule has 0 amide bonds. The van der Waals surface area contributed by atoms with Crippen molar-refractivity contribution in [1.82, 2.24) is 14.4 Å². The highest BCUT2D eigenvalue weighted by molar-refractivity contribution is 5.65. The van der Waals surface area contributed by atoms with E-state index in [0.29, 0.717) is 6.54 Å². The molecular formula is C13H21N5O. The number of hydrogen-bond donors (Lipinski definition) is 2.